The topological polar surface area (TPSA) is 50.9 Å². The molecular weight excluding hydrogens is 166 g/mol. The first-order chi connectivity index (χ1) is 6.40. The highest BCUT2D eigenvalue weighted by Crippen LogP contribution is 2.03. The lowest BCUT2D eigenvalue weighted by Gasteiger charge is -2.00. The molecule has 0 saturated heterocycles. The van der Waals surface area contributed by atoms with Gasteiger partial charge in [0.25, 0.3) is 0 Å². The molecule has 0 fully saturated rings. The highest BCUT2D eigenvalue weighted by molar-refractivity contribution is 5.23. The Labute approximate surface area is 75.5 Å². The molecule has 4 nitrogen and oxygen atoms in total. The highest BCUT2D eigenvalue weighted by atomic mass is 16.3. The van der Waals surface area contributed by atoms with Gasteiger partial charge in [-0.05, 0) is 17.7 Å². The van der Waals surface area contributed by atoms with Crippen LogP contribution in [-0.4, -0.2) is 19.9 Å². The zero-order valence-corrected chi connectivity index (χ0v) is 6.96. The second-order valence-corrected chi connectivity index (χ2v) is 2.63. The number of nitrogens with zero attached hydrogens (tertiary/aromatic N) is 3. The molecule has 0 saturated carbocycles. The molecule has 13 heavy (non-hydrogen) atoms. The van der Waals surface area contributed by atoms with Crippen molar-refractivity contribution in [3.63, 3.8) is 0 Å². The van der Waals surface area contributed by atoms with Gasteiger partial charge in [-0.25, -0.2) is 9.67 Å². The summed E-state index contributed by atoms with van der Waals surface area (Å²) in [6.07, 6.45) is 5.15. The number of rotatable bonds is 2. The maximum absolute atomic E-state index is 8.80. The zero-order chi connectivity index (χ0) is 9.10. The summed E-state index contributed by atoms with van der Waals surface area (Å²) in [6.45, 7) is 0.0202. The molecule has 0 radical (unpaired) electrons. The van der Waals surface area contributed by atoms with Gasteiger partial charge in [-0.15, -0.1) is 0 Å². The number of pyridine rings is 1. The predicted octanol–water partition coefficient (Wildman–Crippen LogP) is 0.760. The van der Waals surface area contributed by atoms with E-state index in [0.29, 0.717) is 0 Å². The first kappa shape index (κ1) is 7.94. The predicted molar refractivity (Wildman–Crippen MR) is 47.3 cm³/mol. The second-order valence-electron chi connectivity index (χ2n) is 2.63. The molecular formula is C9H9N3O. The van der Waals surface area contributed by atoms with Gasteiger partial charge in [-0.1, -0.05) is 6.07 Å². The van der Waals surface area contributed by atoms with Crippen molar-refractivity contribution < 1.29 is 5.11 Å². The molecule has 1 N–H and O–H groups in total. The molecule has 4 heteroatoms. The fourth-order valence-corrected chi connectivity index (χ4v) is 1.05. The molecule has 0 aromatic carbocycles. The summed E-state index contributed by atoms with van der Waals surface area (Å²) in [6, 6.07) is 5.48. The van der Waals surface area contributed by atoms with Gasteiger partial charge in [0.2, 0.25) is 0 Å². The monoisotopic (exact) mass is 175 g/mol. The highest BCUT2D eigenvalue weighted by Gasteiger charge is 1.96. The molecule has 2 aromatic heterocycles. The molecule has 0 aliphatic rings. The average Bonchev–Trinajstić information content (AvgIpc) is 2.71. The van der Waals surface area contributed by atoms with Crippen molar-refractivity contribution in [2.45, 2.75) is 6.61 Å². The quantitative estimate of drug-likeness (QED) is 0.733. The Bertz CT molecular complexity index is 366. The molecule has 0 atom stereocenters. The van der Waals surface area contributed by atoms with Crippen molar-refractivity contribution in [3.05, 3.63) is 42.4 Å². The van der Waals surface area contributed by atoms with E-state index in [9.17, 15) is 0 Å². The Morgan fingerprint density at radius 2 is 2.31 bits per heavy atom. The summed E-state index contributed by atoms with van der Waals surface area (Å²) >= 11 is 0. The van der Waals surface area contributed by atoms with Crippen LogP contribution in [0.4, 0.5) is 0 Å². The third-order valence-electron chi connectivity index (χ3n) is 1.73. The van der Waals surface area contributed by atoms with Gasteiger partial charge in [0.15, 0.2) is 5.82 Å². The summed E-state index contributed by atoms with van der Waals surface area (Å²) in [7, 11) is 0. The van der Waals surface area contributed by atoms with Crippen molar-refractivity contribution in [3.8, 4) is 5.82 Å². The normalized spacial score (nSPS) is 10.2. The Morgan fingerprint density at radius 1 is 1.38 bits per heavy atom. The Hall–Kier alpha value is -1.68. The number of hydrogen-bond acceptors (Lipinski definition) is 3. The zero-order valence-electron chi connectivity index (χ0n) is 6.96. The van der Waals surface area contributed by atoms with E-state index < -0.39 is 0 Å². The van der Waals surface area contributed by atoms with Crippen LogP contribution in [0.3, 0.4) is 0 Å². The van der Waals surface area contributed by atoms with Crippen molar-refractivity contribution in [2.24, 2.45) is 0 Å². The molecule has 2 aromatic rings. The van der Waals surface area contributed by atoms with Gasteiger partial charge in [-0.3, -0.25) is 0 Å². The van der Waals surface area contributed by atoms with Gasteiger partial charge < -0.3 is 5.11 Å². The van der Waals surface area contributed by atoms with Crippen LogP contribution in [0, 0.1) is 0 Å². The lowest BCUT2D eigenvalue weighted by molar-refractivity contribution is 0.281. The van der Waals surface area contributed by atoms with Crippen LogP contribution in [0.1, 0.15) is 5.56 Å². The van der Waals surface area contributed by atoms with E-state index in [2.05, 4.69) is 10.1 Å². The van der Waals surface area contributed by atoms with Gasteiger partial charge in [0, 0.05) is 18.6 Å². The van der Waals surface area contributed by atoms with E-state index in [4.69, 9.17) is 5.11 Å². The molecule has 0 unspecified atom stereocenters. The van der Waals surface area contributed by atoms with Gasteiger partial charge in [0.1, 0.15) is 0 Å². The second kappa shape index (κ2) is 3.37. The first-order valence-electron chi connectivity index (χ1n) is 3.96. The summed E-state index contributed by atoms with van der Waals surface area (Å²) in [5, 5.41) is 12.8. The fraction of sp³-hybridized carbons (Fsp3) is 0.111. The van der Waals surface area contributed by atoms with Gasteiger partial charge in [-0.2, -0.15) is 5.10 Å². The molecule has 2 heterocycles. The van der Waals surface area contributed by atoms with Crippen LogP contribution in [0.2, 0.25) is 0 Å². The number of hydrogen-bond donors (Lipinski definition) is 1. The van der Waals surface area contributed by atoms with Crippen molar-refractivity contribution in [1.82, 2.24) is 14.8 Å². The summed E-state index contributed by atoms with van der Waals surface area (Å²) < 4.78 is 1.67. The standard InChI is InChI=1S/C9H9N3O/c13-7-8-2-3-9(10-6-8)12-5-1-4-11-12/h1-6,13H,7H2. The minimum absolute atomic E-state index is 0.0202. The van der Waals surface area contributed by atoms with Crippen molar-refractivity contribution in [1.29, 1.82) is 0 Å². The van der Waals surface area contributed by atoms with E-state index in [1.54, 1.807) is 17.1 Å². The third-order valence-corrected chi connectivity index (χ3v) is 1.73. The average molecular weight is 175 g/mol. The minimum Gasteiger partial charge on any atom is -0.392 e. The molecule has 0 aliphatic carbocycles. The maximum atomic E-state index is 8.80. The number of aliphatic hydroxyl groups is 1. The van der Waals surface area contributed by atoms with Crippen LogP contribution in [0.5, 0.6) is 0 Å². The van der Waals surface area contributed by atoms with Crippen molar-refractivity contribution >= 4 is 0 Å². The van der Waals surface area contributed by atoms with E-state index in [-0.39, 0.29) is 6.61 Å². The molecule has 0 aliphatic heterocycles. The van der Waals surface area contributed by atoms with E-state index in [0.717, 1.165) is 11.4 Å². The van der Waals surface area contributed by atoms with Crippen LogP contribution < -0.4 is 0 Å². The van der Waals surface area contributed by atoms with E-state index in [1.807, 2.05) is 24.4 Å². The van der Waals surface area contributed by atoms with Crippen LogP contribution >= 0.6 is 0 Å². The summed E-state index contributed by atoms with van der Waals surface area (Å²) in [5.74, 6) is 0.752. The summed E-state index contributed by atoms with van der Waals surface area (Å²) in [5.41, 5.74) is 0.802. The van der Waals surface area contributed by atoms with Crippen molar-refractivity contribution in [2.75, 3.05) is 0 Å². The Balaban J connectivity index is 2.33. The minimum atomic E-state index is 0.0202. The molecule has 2 rings (SSSR count). The van der Waals surface area contributed by atoms with E-state index >= 15 is 0 Å². The van der Waals surface area contributed by atoms with Crippen LogP contribution in [-0.2, 0) is 6.61 Å². The SMILES string of the molecule is OCc1ccc(-n2cccn2)nc1. The van der Waals surface area contributed by atoms with Gasteiger partial charge >= 0.3 is 0 Å². The van der Waals surface area contributed by atoms with E-state index in [1.165, 1.54) is 0 Å². The molecule has 0 spiro atoms. The molecule has 0 bridgehead atoms. The van der Waals surface area contributed by atoms with Gasteiger partial charge in [0.05, 0.1) is 6.61 Å². The van der Waals surface area contributed by atoms with Crippen LogP contribution in [0.15, 0.2) is 36.8 Å². The Kier molecular flexibility index (Phi) is 2.06. The lowest BCUT2D eigenvalue weighted by Crippen LogP contribution is -1.97. The number of aromatic nitrogens is 3. The lowest BCUT2D eigenvalue weighted by atomic mass is 10.3. The third kappa shape index (κ3) is 1.57. The fourth-order valence-electron chi connectivity index (χ4n) is 1.05. The van der Waals surface area contributed by atoms with Crippen LogP contribution in [0.25, 0.3) is 5.82 Å². The maximum Gasteiger partial charge on any atom is 0.153 e. The molecule has 66 valence electrons. The smallest absolute Gasteiger partial charge is 0.153 e. The largest absolute Gasteiger partial charge is 0.392 e. The Morgan fingerprint density at radius 3 is 2.85 bits per heavy atom. The summed E-state index contributed by atoms with van der Waals surface area (Å²) in [4.78, 5) is 4.13. The first-order valence-corrected chi connectivity index (χ1v) is 3.96. The number of aliphatic hydroxyl groups excluding tert-OH is 1. The molecule has 0 amide bonds.